The first-order valence-electron chi connectivity index (χ1n) is 7.30. The lowest BCUT2D eigenvalue weighted by atomic mass is 10.0. The number of hydrogen-bond acceptors (Lipinski definition) is 5. The summed E-state index contributed by atoms with van der Waals surface area (Å²) in [6.07, 6.45) is 0. The third-order valence-corrected chi connectivity index (χ3v) is 4.24. The van der Waals surface area contributed by atoms with E-state index in [4.69, 9.17) is 11.6 Å². The summed E-state index contributed by atoms with van der Waals surface area (Å²) < 4.78 is 0. The zero-order chi connectivity index (χ0) is 18.3. The summed E-state index contributed by atoms with van der Waals surface area (Å²) in [6.45, 7) is 0. The number of fused-ring (bicyclic) bond motifs is 1. The van der Waals surface area contributed by atoms with Crippen LogP contribution in [0, 0.1) is 10.1 Å². The molecule has 0 bridgehead atoms. The highest BCUT2D eigenvalue weighted by Gasteiger charge is 2.23. The van der Waals surface area contributed by atoms with E-state index in [1.54, 1.807) is 0 Å². The molecule has 3 rings (SSSR count). The van der Waals surface area contributed by atoms with Gasteiger partial charge in [0.05, 0.1) is 15.5 Å². The van der Waals surface area contributed by atoms with Crippen LogP contribution in [0.25, 0.3) is 22.0 Å². The van der Waals surface area contributed by atoms with Gasteiger partial charge in [0.1, 0.15) is 0 Å². The first kappa shape index (κ1) is 16.8. The smallest absolute Gasteiger partial charge is 0.375 e. The molecular weight excluding hydrogens is 346 g/mol. The second-order valence-electron chi connectivity index (χ2n) is 5.73. The Hall–Kier alpha value is -3.06. The lowest BCUT2D eigenvalue weighted by molar-refractivity contribution is -0.387. The maximum atomic E-state index is 11.8. The first-order valence-corrected chi connectivity index (χ1v) is 7.68. The summed E-state index contributed by atoms with van der Waals surface area (Å²) in [5, 5.41) is 21.7. The van der Waals surface area contributed by atoms with Crippen molar-refractivity contribution in [2.75, 3.05) is 19.0 Å². The topological polar surface area (TPSA) is 99.5 Å². The number of aromatic hydroxyl groups is 1. The SMILES string of the molecule is CN(C)c1ccc(-c2cc3c(O)c([N+](=O)[O-])c(=O)[nH]c3cc2Cl)cc1. The van der Waals surface area contributed by atoms with E-state index in [-0.39, 0.29) is 10.9 Å². The molecular formula is C17H14ClN3O4. The van der Waals surface area contributed by atoms with Crippen molar-refractivity contribution in [2.45, 2.75) is 0 Å². The number of benzene rings is 2. The van der Waals surface area contributed by atoms with Crippen LogP contribution in [0.3, 0.4) is 0 Å². The average Bonchev–Trinajstić information content (AvgIpc) is 2.54. The van der Waals surface area contributed by atoms with Crippen LogP contribution in [0.15, 0.2) is 41.2 Å². The number of H-pyrrole nitrogens is 1. The molecule has 0 saturated carbocycles. The van der Waals surface area contributed by atoms with E-state index in [0.717, 1.165) is 11.3 Å². The largest absolute Gasteiger partial charge is 0.501 e. The summed E-state index contributed by atoms with van der Waals surface area (Å²) in [4.78, 5) is 26.2. The molecule has 128 valence electrons. The van der Waals surface area contributed by atoms with Crippen LogP contribution in [0.1, 0.15) is 0 Å². The van der Waals surface area contributed by atoms with Gasteiger partial charge in [0.25, 0.3) is 0 Å². The zero-order valence-electron chi connectivity index (χ0n) is 13.4. The number of pyridine rings is 1. The van der Waals surface area contributed by atoms with E-state index in [1.807, 2.05) is 43.3 Å². The molecule has 0 atom stereocenters. The second-order valence-corrected chi connectivity index (χ2v) is 6.13. The molecule has 2 N–H and O–H groups in total. The maximum Gasteiger partial charge on any atom is 0.375 e. The van der Waals surface area contributed by atoms with Crippen molar-refractivity contribution < 1.29 is 10.0 Å². The molecule has 0 unspecified atom stereocenters. The summed E-state index contributed by atoms with van der Waals surface area (Å²) in [7, 11) is 3.84. The predicted octanol–water partition coefficient (Wildman–Crippen LogP) is 3.53. The second kappa shape index (κ2) is 6.10. The Kier molecular flexibility index (Phi) is 4.10. The van der Waals surface area contributed by atoms with Crippen LogP contribution < -0.4 is 10.5 Å². The number of rotatable bonds is 3. The molecule has 25 heavy (non-hydrogen) atoms. The quantitative estimate of drug-likeness (QED) is 0.550. The highest BCUT2D eigenvalue weighted by Crippen LogP contribution is 2.37. The average molecular weight is 360 g/mol. The molecule has 8 heteroatoms. The Morgan fingerprint density at radius 3 is 2.40 bits per heavy atom. The zero-order valence-corrected chi connectivity index (χ0v) is 14.2. The van der Waals surface area contributed by atoms with Crippen LogP contribution in [0.5, 0.6) is 5.75 Å². The number of nitrogens with one attached hydrogen (secondary N) is 1. The van der Waals surface area contributed by atoms with Crippen LogP contribution in [0.2, 0.25) is 5.02 Å². The fourth-order valence-corrected chi connectivity index (χ4v) is 2.89. The summed E-state index contributed by atoms with van der Waals surface area (Å²) >= 11 is 6.30. The Labute approximate surface area is 147 Å². The van der Waals surface area contributed by atoms with Crippen molar-refractivity contribution in [1.82, 2.24) is 4.98 Å². The number of hydrogen-bond donors (Lipinski definition) is 2. The van der Waals surface area contributed by atoms with Gasteiger partial charge in [-0.2, -0.15) is 0 Å². The monoisotopic (exact) mass is 359 g/mol. The molecule has 0 aliphatic rings. The molecule has 1 heterocycles. The van der Waals surface area contributed by atoms with E-state index in [2.05, 4.69) is 4.98 Å². The molecule has 0 spiro atoms. The number of nitro groups is 1. The Morgan fingerprint density at radius 2 is 1.84 bits per heavy atom. The van der Waals surface area contributed by atoms with E-state index >= 15 is 0 Å². The maximum absolute atomic E-state index is 11.8. The fraction of sp³-hybridized carbons (Fsp3) is 0.118. The van der Waals surface area contributed by atoms with Crippen molar-refractivity contribution in [3.8, 4) is 16.9 Å². The Balaban J connectivity index is 2.24. The van der Waals surface area contributed by atoms with Gasteiger partial charge in [-0.1, -0.05) is 23.7 Å². The molecule has 3 aromatic rings. The van der Waals surface area contributed by atoms with Gasteiger partial charge in [-0.3, -0.25) is 14.9 Å². The summed E-state index contributed by atoms with van der Waals surface area (Å²) in [6, 6.07) is 10.5. The Morgan fingerprint density at radius 1 is 1.20 bits per heavy atom. The van der Waals surface area contributed by atoms with Crippen molar-refractivity contribution >= 4 is 33.9 Å². The van der Waals surface area contributed by atoms with Gasteiger partial charge in [0, 0.05) is 30.7 Å². The van der Waals surface area contributed by atoms with Crippen LogP contribution in [-0.4, -0.2) is 29.1 Å². The van der Waals surface area contributed by atoms with Gasteiger partial charge < -0.3 is 15.0 Å². The van der Waals surface area contributed by atoms with Gasteiger partial charge in [-0.25, -0.2) is 0 Å². The third-order valence-electron chi connectivity index (χ3n) is 3.93. The number of aromatic amines is 1. The van der Waals surface area contributed by atoms with Crippen molar-refractivity contribution in [2.24, 2.45) is 0 Å². The van der Waals surface area contributed by atoms with Gasteiger partial charge in [0.15, 0.2) is 0 Å². The lowest BCUT2D eigenvalue weighted by Crippen LogP contribution is -2.11. The van der Waals surface area contributed by atoms with Crippen molar-refractivity contribution in [3.63, 3.8) is 0 Å². The van der Waals surface area contributed by atoms with Gasteiger partial charge >= 0.3 is 11.2 Å². The highest BCUT2D eigenvalue weighted by atomic mass is 35.5. The molecule has 0 aliphatic carbocycles. The van der Waals surface area contributed by atoms with E-state index in [1.165, 1.54) is 12.1 Å². The van der Waals surface area contributed by atoms with Crippen LogP contribution >= 0.6 is 11.6 Å². The minimum atomic E-state index is -0.978. The normalized spacial score (nSPS) is 10.8. The third kappa shape index (κ3) is 2.89. The molecule has 0 saturated heterocycles. The lowest BCUT2D eigenvalue weighted by Gasteiger charge is -2.13. The van der Waals surface area contributed by atoms with Crippen molar-refractivity contribution in [1.29, 1.82) is 0 Å². The number of aromatic nitrogens is 1. The van der Waals surface area contributed by atoms with Crippen LogP contribution in [-0.2, 0) is 0 Å². The van der Waals surface area contributed by atoms with Gasteiger partial charge in [0.2, 0.25) is 5.75 Å². The summed E-state index contributed by atoms with van der Waals surface area (Å²) in [5.74, 6) is -0.674. The minimum absolute atomic E-state index is 0.155. The molecule has 0 aliphatic heterocycles. The highest BCUT2D eigenvalue weighted by molar-refractivity contribution is 6.34. The Bertz CT molecular complexity index is 1040. The molecule has 2 aromatic carbocycles. The predicted molar refractivity (Wildman–Crippen MR) is 97.7 cm³/mol. The molecule has 0 radical (unpaired) electrons. The molecule has 0 amide bonds. The molecule has 1 aromatic heterocycles. The van der Waals surface area contributed by atoms with E-state index in [0.29, 0.717) is 10.6 Å². The number of anilines is 1. The fourth-order valence-electron chi connectivity index (χ4n) is 2.62. The minimum Gasteiger partial charge on any atom is -0.501 e. The standard InChI is InChI=1S/C17H14ClN3O4/c1-20(2)10-5-3-9(4-6-10)11-7-12-14(8-13(11)18)19-17(23)15(16(12)22)21(24)25/h3-8H,1-2H3,(H2,19,22,23). The number of halogens is 1. The first-order chi connectivity index (χ1) is 11.8. The molecule has 0 fully saturated rings. The summed E-state index contributed by atoms with van der Waals surface area (Å²) in [5.41, 5.74) is 0.745. The van der Waals surface area contributed by atoms with Crippen molar-refractivity contribution in [3.05, 3.63) is 61.9 Å². The van der Waals surface area contributed by atoms with Gasteiger partial charge in [-0.15, -0.1) is 0 Å². The van der Waals surface area contributed by atoms with E-state index in [9.17, 15) is 20.0 Å². The van der Waals surface area contributed by atoms with Crippen LogP contribution in [0.4, 0.5) is 11.4 Å². The number of nitrogens with zero attached hydrogens (tertiary/aromatic N) is 2. The van der Waals surface area contributed by atoms with E-state index < -0.39 is 21.9 Å². The van der Waals surface area contributed by atoms with Gasteiger partial charge in [-0.05, 0) is 29.8 Å². The molecule has 7 nitrogen and oxygen atoms in total.